The first-order valence-corrected chi connectivity index (χ1v) is 11.1. The number of nitrogens with zero attached hydrogens (tertiary/aromatic N) is 2. The van der Waals surface area contributed by atoms with E-state index in [2.05, 4.69) is 20.6 Å². The van der Waals surface area contributed by atoms with Gasteiger partial charge >= 0.3 is 0 Å². The summed E-state index contributed by atoms with van der Waals surface area (Å²) in [6.45, 7) is 2.59. The Bertz CT molecular complexity index is 1220. The van der Waals surface area contributed by atoms with Gasteiger partial charge in [-0.15, -0.1) is 0 Å². The van der Waals surface area contributed by atoms with Gasteiger partial charge in [0.1, 0.15) is 17.4 Å². The van der Waals surface area contributed by atoms with E-state index in [0.717, 1.165) is 36.1 Å². The van der Waals surface area contributed by atoms with Gasteiger partial charge in [0.05, 0.1) is 27.8 Å². The van der Waals surface area contributed by atoms with Crippen molar-refractivity contribution in [3.05, 3.63) is 63.9 Å². The predicted octanol–water partition coefficient (Wildman–Crippen LogP) is 4.26. The normalized spacial score (nSPS) is 19.1. The number of fused-ring (bicyclic) bond motifs is 1. The maximum absolute atomic E-state index is 12.9. The van der Waals surface area contributed by atoms with Crippen LogP contribution >= 0.6 is 23.2 Å². The minimum absolute atomic E-state index is 0.265. The summed E-state index contributed by atoms with van der Waals surface area (Å²) in [7, 11) is 1.80. The molecule has 3 N–H and O–H groups in total. The Morgan fingerprint density at radius 1 is 1.31 bits per heavy atom. The van der Waals surface area contributed by atoms with E-state index >= 15 is 0 Å². The number of likely N-dealkylation sites (N-methyl/N-ethyl adjacent to an activating group) is 1. The number of benzene rings is 2. The van der Waals surface area contributed by atoms with Gasteiger partial charge < -0.3 is 15.2 Å². The van der Waals surface area contributed by atoms with Gasteiger partial charge in [-0.05, 0) is 63.2 Å². The summed E-state index contributed by atoms with van der Waals surface area (Å²) >= 11 is 12.6. The van der Waals surface area contributed by atoms with Crippen LogP contribution in [0.3, 0.4) is 0 Å². The van der Waals surface area contributed by atoms with Crippen LogP contribution < -0.4 is 15.5 Å². The van der Waals surface area contributed by atoms with Crippen LogP contribution in [0.5, 0.6) is 0 Å². The van der Waals surface area contributed by atoms with E-state index in [-0.39, 0.29) is 11.9 Å². The highest BCUT2D eigenvalue weighted by atomic mass is 35.5. The maximum Gasteiger partial charge on any atom is 0.251 e. The number of carbonyl (C=O) groups excluding carboxylic acids is 2. The molecule has 0 bridgehead atoms. The molecule has 1 saturated heterocycles. The zero-order chi connectivity index (χ0) is 22.9. The van der Waals surface area contributed by atoms with Gasteiger partial charge in [-0.3, -0.25) is 10.1 Å². The second-order valence-corrected chi connectivity index (χ2v) is 8.68. The highest BCUT2D eigenvalue weighted by Gasteiger charge is 2.39. The van der Waals surface area contributed by atoms with E-state index in [1.165, 1.54) is 6.08 Å². The van der Waals surface area contributed by atoms with E-state index in [4.69, 9.17) is 23.2 Å². The van der Waals surface area contributed by atoms with Crippen LogP contribution in [0.2, 0.25) is 10.0 Å². The molecule has 0 saturated carbocycles. The monoisotopic (exact) mass is 471 g/mol. The lowest BCUT2D eigenvalue weighted by atomic mass is 10.1. The molecule has 7 nitrogen and oxygen atoms in total. The highest BCUT2D eigenvalue weighted by molar-refractivity contribution is 6.33. The molecule has 3 aromatic rings. The number of aromatic nitrogens is 2. The molecule has 2 heterocycles. The smallest absolute Gasteiger partial charge is 0.251 e. The van der Waals surface area contributed by atoms with Crippen molar-refractivity contribution < 1.29 is 9.59 Å². The third-order valence-corrected chi connectivity index (χ3v) is 6.41. The summed E-state index contributed by atoms with van der Waals surface area (Å²) in [5.74, 6) is 2.27. The Labute approximate surface area is 195 Å². The molecule has 4 rings (SSSR count). The molecular weight excluding hydrogens is 449 g/mol. The van der Waals surface area contributed by atoms with Crippen LogP contribution in [-0.4, -0.2) is 41.1 Å². The Kier molecular flexibility index (Phi) is 6.26. The molecule has 0 spiro atoms. The van der Waals surface area contributed by atoms with Crippen molar-refractivity contribution >= 4 is 51.8 Å². The van der Waals surface area contributed by atoms with Gasteiger partial charge in [-0.1, -0.05) is 23.2 Å². The predicted molar refractivity (Wildman–Crippen MR) is 127 cm³/mol. The summed E-state index contributed by atoms with van der Waals surface area (Å²) in [4.78, 5) is 33.7. The van der Waals surface area contributed by atoms with E-state index < -0.39 is 5.66 Å². The number of carbonyl (C=O) groups is 1. The van der Waals surface area contributed by atoms with Crippen molar-refractivity contribution in [1.82, 2.24) is 20.6 Å². The Morgan fingerprint density at radius 3 is 2.84 bits per heavy atom. The minimum atomic E-state index is -0.631. The Balaban J connectivity index is 1.53. The molecule has 1 aliphatic heterocycles. The summed E-state index contributed by atoms with van der Waals surface area (Å²) in [5, 5.41) is 7.18. The number of aromatic amines is 1. The number of amides is 1. The van der Waals surface area contributed by atoms with Crippen LogP contribution in [0, 0.1) is 0 Å². The Hall–Kier alpha value is -2.83. The first-order valence-electron chi connectivity index (χ1n) is 10.3. The molecule has 2 aromatic carbocycles. The van der Waals surface area contributed by atoms with Crippen LogP contribution in [0.25, 0.3) is 11.0 Å². The molecule has 1 fully saturated rings. The highest BCUT2D eigenvalue weighted by Crippen LogP contribution is 2.37. The lowest BCUT2D eigenvalue weighted by molar-refractivity contribution is 0.0938. The molecule has 0 unspecified atom stereocenters. The number of rotatable bonds is 6. The summed E-state index contributed by atoms with van der Waals surface area (Å²) in [6.07, 6.45) is 3.15. The number of hydrogen-bond donors (Lipinski definition) is 3. The van der Waals surface area contributed by atoms with Crippen LogP contribution in [-0.2, 0) is 4.79 Å². The zero-order valence-corrected chi connectivity index (χ0v) is 19.2. The number of anilines is 1. The molecule has 1 aromatic heterocycles. The number of nitrogens with one attached hydrogen (secondary N) is 3. The lowest BCUT2D eigenvalue weighted by Crippen LogP contribution is -2.52. The molecule has 0 aliphatic carbocycles. The number of H-pyrrole nitrogens is 1. The largest absolute Gasteiger partial charge is 0.348 e. The fourth-order valence-electron chi connectivity index (χ4n) is 4.18. The maximum atomic E-state index is 12.9. The zero-order valence-electron chi connectivity index (χ0n) is 17.7. The number of hydrogen-bond acceptors (Lipinski definition) is 5. The van der Waals surface area contributed by atoms with E-state index in [1.807, 2.05) is 23.8 Å². The third-order valence-electron chi connectivity index (χ3n) is 5.87. The first kappa shape index (κ1) is 22.4. The molecule has 0 radical (unpaired) electrons. The fraction of sp³-hybridized carbons (Fsp3) is 0.304. The number of halogens is 2. The lowest BCUT2D eigenvalue weighted by Gasteiger charge is -2.37. The molecule has 1 aliphatic rings. The molecule has 166 valence electrons. The van der Waals surface area contributed by atoms with Crippen molar-refractivity contribution in [2.45, 2.75) is 31.5 Å². The van der Waals surface area contributed by atoms with Crippen LogP contribution in [0.4, 0.5) is 5.69 Å². The summed E-state index contributed by atoms with van der Waals surface area (Å²) < 4.78 is 0. The average molecular weight is 472 g/mol. The van der Waals surface area contributed by atoms with E-state index in [0.29, 0.717) is 21.4 Å². The second kappa shape index (κ2) is 8.96. The van der Waals surface area contributed by atoms with Crippen LogP contribution in [0.15, 0.2) is 42.5 Å². The van der Waals surface area contributed by atoms with Gasteiger partial charge in [0, 0.05) is 23.2 Å². The van der Waals surface area contributed by atoms with Crippen molar-refractivity contribution in [2.24, 2.45) is 0 Å². The van der Waals surface area contributed by atoms with Crippen LogP contribution in [0.1, 0.15) is 42.0 Å². The molecule has 9 heteroatoms. The van der Waals surface area contributed by atoms with Gasteiger partial charge in [-0.2, -0.15) is 0 Å². The average Bonchev–Trinajstić information content (AvgIpc) is 3.38. The minimum Gasteiger partial charge on any atom is -0.348 e. The number of imidazole rings is 1. The van der Waals surface area contributed by atoms with Gasteiger partial charge in [0.2, 0.25) is 0 Å². The SMILES string of the molecule is CN[C@]1(C=C=O)CCCN1c1ccc(C(=O)N[C@@H](C)c2nc3cc(Cl)ccc3[nH]2)cc1Cl. The molecule has 32 heavy (non-hydrogen) atoms. The molecular formula is C23H23Cl2N5O2. The van der Waals surface area contributed by atoms with Gasteiger partial charge in [-0.25, -0.2) is 9.78 Å². The van der Waals surface area contributed by atoms with Crippen molar-refractivity contribution in [3.63, 3.8) is 0 Å². The van der Waals surface area contributed by atoms with Gasteiger partial charge in [0.15, 0.2) is 0 Å². The fourth-order valence-corrected chi connectivity index (χ4v) is 4.62. The molecule has 2 atom stereocenters. The van der Waals surface area contributed by atoms with E-state index in [9.17, 15) is 9.59 Å². The topological polar surface area (TPSA) is 90.1 Å². The van der Waals surface area contributed by atoms with Gasteiger partial charge in [0.25, 0.3) is 5.91 Å². The van der Waals surface area contributed by atoms with E-state index in [1.54, 1.807) is 37.4 Å². The van der Waals surface area contributed by atoms with Crippen molar-refractivity contribution in [1.29, 1.82) is 0 Å². The Morgan fingerprint density at radius 2 is 2.12 bits per heavy atom. The quantitative estimate of drug-likeness (QED) is 0.467. The summed E-state index contributed by atoms with van der Waals surface area (Å²) in [5.41, 5.74) is 2.15. The first-order chi connectivity index (χ1) is 15.4. The van der Waals surface area contributed by atoms with Crippen molar-refractivity contribution in [3.8, 4) is 0 Å². The second-order valence-electron chi connectivity index (χ2n) is 7.84. The van der Waals surface area contributed by atoms with Crippen molar-refractivity contribution in [2.75, 3.05) is 18.5 Å². The standard InChI is InChI=1S/C23H23Cl2N5O2/c1-14(21-28-18-6-5-16(24)13-19(18)29-21)27-22(32)15-4-7-20(17(25)12-15)30-10-3-8-23(30,26-2)9-11-31/h4-7,9,12-14,26H,3,8,10H2,1-2H3,(H,27,32)(H,28,29)/t14-,23+/m0/s1. The molecule has 1 amide bonds. The third kappa shape index (κ3) is 4.12. The summed E-state index contributed by atoms with van der Waals surface area (Å²) in [6, 6.07) is 10.2.